The van der Waals surface area contributed by atoms with Gasteiger partial charge in [-0.25, -0.2) is 4.79 Å². The summed E-state index contributed by atoms with van der Waals surface area (Å²) in [5.41, 5.74) is 9.07. The zero-order valence-electron chi connectivity index (χ0n) is 12.8. The number of nitrogens with zero attached hydrogens (tertiary/aromatic N) is 2. The molecule has 1 aromatic carbocycles. The molecule has 1 heterocycles. The number of hydrogen-bond acceptors (Lipinski definition) is 4. The van der Waals surface area contributed by atoms with Gasteiger partial charge in [0, 0.05) is 23.9 Å². The van der Waals surface area contributed by atoms with Crippen LogP contribution in [0.15, 0.2) is 53.9 Å². The molecule has 0 atom stereocenters. The van der Waals surface area contributed by atoms with Crippen LogP contribution < -0.4 is 5.73 Å². The van der Waals surface area contributed by atoms with Crippen LogP contribution in [0.3, 0.4) is 0 Å². The Labute approximate surface area is 134 Å². The third kappa shape index (κ3) is 3.74. The van der Waals surface area contributed by atoms with Crippen molar-refractivity contribution in [3.63, 3.8) is 0 Å². The average Bonchev–Trinajstić information content (AvgIpc) is 2.59. The van der Waals surface area contributed by atoms with Crippen molar-refractivity contribution < 1.29 is 9.90 Å². The van der Waals surface area contributed by atoms with Crippen LogP contribution >= 0.6 is 0 Å². The van der Waals surface area contributed by atoms with Gasteiger partial charge in [-0.05, 0) is 24.1 Å². The van der Waals surface area contributed by atoms with Gasteiger partial charge < -0.3 is 10.8 Å². The Balaban J connectivity index is 2.30. The van der Waals surface area contributed by atoms with Crippen molar-refractivity contribution in [1.29, 1.82) is 5.26 Å². The summed E-state index contributed by atoms with van der Waals surface area (Å²) in [5.74, 6) is -1.01. The maximum absolute atomic E-state index is 11.3. The molecule has 3 N–H and O–H groups in total. The minimum absolute atomic E-state index is 0.194. The van der Waals surface area contributed by atoms with Crippen LogP contribution in [0.5, 0.6) is 0 Å². The second kappa shape index (κ2) is 7.23. The van der Waals surface area contributed by atoms with Crippen LogP contribution in [0.25, 0.3) is 11.3 Å². The first-order valence-corrected chi connectivity index (χ1v) is 7.22. The van der Waals surface area contributed by atoms with E-state index in [1.807, 2.05) is 25.1 Å². The number of nitriles is 1. The fourth-order valence-corrected chi connectivity index (χ4v) is 2.24. The molecule has 1 aromatic heterocycles. The molecule has 0 unspecified atom stereocenters. The summed E-state index contributed by atoms with van der Waals surface area (Å²) in [5, 5.41) is 18.4. The third-order valence-electron chi connectivity index (χ3n) is 3.56. The predicted molar refractivity (Wildman–Crippen MR) is 87.2 cm³/mol. The number of hydrogen-bond donors (Lipinski definition) is 2. The minimum atomic E-state index is -1.01. The Hall–Kier alpha value is -3.13. The number of pyridine rings is 1. The number of carboxylic acid groups (broad SMARTS) is 1. The van der Waals surface area contributed by atoms with E-state index in [9.17, 15) is 9.90 Å². The van der Waals surface area contributed by atoms with Gasteiger partial charge in [-0.3, -0.25) is 4.98 Å². The van der Waals surface area contributed by atoms with E-state index in [0.717, 1.165) is 11.1 Å². The second-order valence-corrected chi connectivity index (χ2v) is 5.05. The minimum Gasteiger partial charge on any atom is -0.478 e. The molecule has 23 heavy (non-hydrogen) atoms. The van der Waals surface area contributed by atoms with E-state index in [0.29, 0.717) is 23.4 Å². The topological polar surface area (TPSA) is 100 Å². The molecule has 0 aliphatic heterocycles. The molecule has 0 fully saturated rings. The largest absolute Gasteiger partial charge is 0.478 e. The highest BCUT2D eigenvalue weighted by Crippen LogP contribution is 2.22. The monoisotopic (exact) mass is 307 g/mol. The molecule has 0 bridgehead atoms. The lowest BCUT2D eigenvalue weighted by molar-refractivity contribution is -0.132. The molecular weight excluding hydrogens is 290 g/mol. The zero-order valence-corrected chi connectivity index (χ0v) is 12.8. The van der Waals surface area contributed by atoms with Crippen molar-refractivity contribution in [1.82, 2.24) is 4.98 Å². The van der Waals surface area contributed by atoms with Gasteiger partial charge in [0.2, 0.25) is 0 Å². The van der Waals surface area contributed by atoms with Gasteiger partial charge in [-0.2, -0.15) is 5.26 Å². The van der Waals surface area contributed by atoms with Crippen LogP contribution in [-0.4, -0.2) is 16.1 Å². The Morgan fingerprint density at radius 3 is 2.61 bits per heavy atom. The van der Waals surface area contributed by atoms with Gasteiger partial charge in [-0.15, -0.1) is 0 Å². The Bertz CT molecular complexity index is 787. The highest BCUT2D eigenvalue weighted by atomic mass is 16.4. The van der Waals surface area contributed by atoms with E-state index >= 15 is 0 Å². The van der Waals surface area contributed by atoms with E-state index in [1.165, 1.54) is 0 Å². The van der Waals surface area contributed by atoms with Crippen molar-refractivity contribution in [2.75, 3.05) is 0 Å². The molecular formula is C18H17N3O2. The predicted octanol–water partition coefficient (Wildman–Crippen LogP) is 2.87. The lowest BCUT2D eigenvalue weighted by atomic mass is 10.0. The van der Waals surface area contributed by atoms with Crippen LogP contribution in [0.2, 0.25) is 0 Å². The van der Waals surface area contributed by atoms with Gasteiger partial charge in [0.25, 0.3) is 0 Å². The molecule has 0 aliphatic rings. The fourth-order valence-electron chi connectivity index (χ4n) is 2.24. The molecule has 116 valence electrons. The number of aliphatic carboxylic acids is 1. The molecule has 5 heteroatoms. The molecule has 0 saturated heterocycles. The Morgan fingerprint density at radius 1 is 1.30 bits per heavy atom. The smallest absolute Gasteiger partial charge is 0.333 e. The van der Waals surface area contributed by atoms with Crippen LogP contribution in [0.1, 0.15) is 24.5 Å². The van der Waals surface area contributed by atoms with Gasteiger partial charge >= 0.3 is 5.97 Å². The van der Waals surface area contributed by atoms with Gasteiger partial charge in [0.15, 0.2) is 0 Å². The summed E-state index contributed by atoms with van der Waals surface area (Å²) < 4.78 is 0. The highest BCUT2D eigenvalue weighted by Gasteiger charge is 2.13. The summed E-state index contributed by atoms with van der Waals surface area (Å²) in [6.45, 7) is 1.82. The van der Waals surface area contributed by atoms with Crippen LogP contribution in [-0.2, 0) is 11.2 Å². The number of nitrogens with two attached hydrogens (primary N) is 1. The lowest BCUT2D eigenvalue weighted by Crippen LogP contribution is -2.12. The van der Waals surface area contributed by atoms with Crippen molar-refractivity contribution in [3.8, 4) is 17.3 Å². The number of carboxylic acids is 1. The first kappa shape index (κ1) is 16.2. The number of carbonyl (C=O) groups is 1. The normalized spacial score (nSPS) is 11.5. The number of allylic oxidation sites excluding steroid dienone is 1. The van der Waals surface area contributed by atoms with E-state index in [1.54, 1.807) is 24.4 Å². The maximum Gasteiger partial charge on any atom is 0.333 e. The summed E-state index contributed by atoms with van der Waals surface area (Å²) in [4.78, 5) is 15.6. The van der Waals surface area contributed by atoms with Gasteiger partial charge in [0.1, 0.15) is 0 Å². The van der Waals surface area contributed by atoms with Crippen LogP contribution in [0, 0.1) is 11.3 Å². The first-order chi connectivity index (χ1) is 11.1. The summed E-state index contributed by atoms with van der Waals surface area (Å²) in [6, 6.07) is 12.9. The van der Waals surface area contributed by atoms with E-state index in [-0.39, 0.29) is 12.0 Å². The fraction of sp³-hybridized carbons (Fsp3) is 0.167. The van der Waals surface area contributed by atoms with Crippen LogP contribution in [0.4, 0.5) is 0 Å². The number of aromatic nitrogens is 1. The van der Waals surface area contributed by atoms with Crippen molar-refractivity contribution >= 4 is 5.97 Å². The lowest BCUT2D eigenvalue weighted by Gasteiger charge is -2.08. The van der Waals surface area contributed by atoms with Gasteiger partial charge in [-0.1, -0.05) is 31.2 Å². The van der Waals surface area contributed by atoms with E-state index in [2.05, 4.69) is 11.1 Å². The first-order valence-electron chi connectivity index (χ1n) is 7.22. The quantitative estimate of drug-likeness (QED) is 0.827. The molecule has 0 saturated carbocycles. The van der Waals surface area contributed by atoms with E-state index < -0.39 is 5.97 Å². The summed E-state index contributed by atoms with van der Waals surface area (Å²) in [7, 11) is 0. The number of rotatable bonds is 5. The molecule has 0 amide bonds. The summed E-state index contributed by atoms with van der Waals surface area (Å²) >= 11 is 0. The summed E-state index contributed by atoms with van der Waals surface area (Å²) in [6.07, 6.45) is 2.33. The molecule has 0 spiro atoms. The van der Waals surface area contributed by atoms with Crippen molar-refractivity contribution in [2.45, 2.75) is 19.8 Å². The second-order valence-electron chi connectivity index (χ2n) is 5.05. The Morgan fingerprint density at radius 2 is 2.04 bits per heavy atom. The molecule has 5 nitrogen and oxygen atoms in total. The van der Waals surface area contributed by atoms with Crippen molar-refractivity contribution in [2.24, 2.45) is 5.73 Å². The molecule has 0 radical (unpaired) electrons. The maximum atomic E-state index is 11.3. The zero-order chi connectivity index (χ0) is 16.8. The standard InChI is InChI=1S/C18H17N3O2/c1-2-16(20)15(18(22)23)9-12-7-8-17(21-11-12)14-6-4-3-5-13(14)10-19/h3-8,11H,2,9,20H2,1H3,(H,22,23). The molecule has 2 rings (SSSR count). The van der Waals surface area contributed by atoms with E-state index in [4.69, 9.17) is 11.0 Å². The van der Waals surface area contributed by atoms with Gasteiger partial charge in [0.05, 0.1) is 22.9 Å². The molecule has 0 aliphatic carbocycles. The highest BCUT2D eigenvalue weighted by molar-refractivity contribution is 5.88. The number of benzene rings is 1. The average molecular weight is 307 g/mol. The molecule has 2 aromatic rings. The third-order valence-corrected chi connectivity index (χ3v) is 3.56. The Kier molecular flexibility index (Phi) is 5.11. The SMILES string of the molecule is CCC(N)=C(Cc1ccc(-c2ccccc2C#N)nc1)C(=O)O. The van der Waals surface area contributed by atoms with Crippen molar-refractivity contribution in [3.05, 3.63) is 65.0 Å².